The Hall–Kier alpha value is -2.61. The Kier molecular flexibility index (Phi) is 11.3. The largest absolute Gasteiger partial charge is 0.434 e. The van der Waals surface area contributed by atoms with Crippen molar-refractivity contribution in [2.45, 2.75) is 97.7 Å². The van der Waals surface area contributed by atoms with Gasteiger partial charge in [0.25, 0.3) is 11.8 Å². The standard InChI is InChI=1S/C33H49ClFN7O4S/c1-6-47(44,45)39-26-9-12-33(13-10-26)14-17-40(18-15-33)20-24-11-16-41(21-24)29-30(37-38-32(34)36-29)46-28-8-7-25(35)19-27(28)31(43)42(22(2)3)23(4)5/h7-8,19,22-24,26,39H,6,9-18,20-21H2,1-5H3/t24-/m0/s1. The highest BCUT2D eigenvalue weighted by Crippen LogP contribution is 2.45. The number of anilines is 1. The SMILES string of the molecule is CCS(=O)(=O)NC1CCC2(CC1)CCN(C[C@@H]1CCN(c3nc(Cl)nnc3Oc3ccc(F)cc3C(=O)N(C(C)C)C(C)C)C1)CC2. The van der Waals surface area contributed by atoms with Crippen molar-refractivity contribution in [1.29, 1.82) is 0 Å². The van der Waals surface area contributed by atoms with Gasteiger partial charge in [-0.15, -0.1) is 10.2 Å². The zero-order chi connectivity index (χ0) is 33.9. The lowest BCUT2D eigenvalue weighted by Gasteiger charge is -2.46. The third-order valence-electron chi connectivity index (χ3n) is 10.1. The van der Waals surface area contributed by atoms with E-state index in [0.717, 1.165) is 77.7 Å². The van der Waals surface area contributed by atoms with Crippen molar-refractivity contribution in [2.24, 2.45) is 11.3 Å². The Morgan fingerprint density at radius 3 is 2.40 bits per heavy atom. The number of aromatic nitrogens is 3. The van der Waals surface area contributed by atoms with Gasteiger partial charge in [-0.3, -0.25) is 4.79 Å². The molecule has 2 aliphatic heterocycles. The van der Waals surface area contributed by atoms with Gasteiger partial charge in [-0.25, -0.2) is 17.5 Å². The number of piperidine rings is 1. The number of halogens is 2. The first-order valence-electron chi connectivity index (χ1n) is 17.0. The number of carbonyl (C=O) groups is 1. The predicted octanol–water partition coefficient (Wildman–Crippen LogP) is 5.51. The summed E-state index contributed by atoms with van der Waals surface area (Å²) in [5.74, 6) is 0.423. The molecule has 3 fully saturated rings. The number of nitrogens with zero attached hydrogens (tertiary/aromatic N) is 6. The van der Waals surface area contributed by atoms with Crippen molar-refractivity contribution in [3.05, 3.63) is 34.9 Å². The average Bonchev–Trinajstić information content (AvgIpc) is 3.49. The van der Waals surface area contributed by atoms with Gasteiger partial charge in [0.15, 0.2) is 5.82 Å². The first kappa shape index (κ1) is 35.7. The fraction of sp³-hybridized carbons (Fsp3) is 0.697. The fourth-order valence-electron chi connectivity index (χ4n) is 7.56. The van der Waals surface area contributed by atoms with Crippen molar-refractivity contribution in [1.82, 2.24) is 29.7 Å². The van der Waals surface area contributed by atoms with E-state index < -0.39 is 15.8 Å². The second-order valence-electron chi connectivity index (χ2n) is 14.0. The summed E-state index contributed by atoms with van der Waals surface area (Å²) in [5.41, 5.74) is 0.428. The quantitative estimate of drug-likeness (QED) is 0.325. The second kappa shape index (κ2) is 14.9. The molecule has 3 heterocycles. The number of ether oxygens (including phenoxy) is 1. The van der Waals surface area contributed by atoms with E-state index >= 15 is 0 Å². The van der Waals surface area contributed by atoms with Crippen LogP contribution >= 0.6 is 11.6 Å². The normalized spacial score (nSPS) is 20.8. The summed E-state index contributed by atoms with van der Waals surface area (Å²) in [7, 11) is -3.16. The number of carbonyl (C=O) groups excluding carboxylic acids is 1. The number of hydrogen-bond donors (Lipinski definition) is 1. The summed E-state index contributed by atoms with van der Waals surface area (Å²) in [6.45, 7) is 13.9. The molecular weight excluding hydrogens is 645 g/mol. The van der Waals surface area contributed by atoms with E-state index in [2.05, 4.69) is 29.7 Å². The van der Waals surface area contributed by atoms with E-state index in [4.69, 9.17) is 16.3 Å². The molecule has 14 heteroatoms. The molecule has 3 aliphatic rings. The third kappa shape index (κ3) is 8.71. The number of amides is 1. The van der Waals surface area contributed by atoms with Crippen molar-refractivity contribution in [2.75, 3.05) is 43.4 Å². The number of hydrogen-bond acceptors (Lipinski definition) is 9. The Morgan fingerprint density at radius 1 is 1.09 bits per heavy atom. The maximum Gasteiger partial charge on any atom is 0.282 e. The van der Waals surface area contributed by atoms with Crippen LogP contribution in [0, 0.1) is 17.2 Å². The van der Waals surface area contributed by atoms with Gasteiger partial charge in [-0.2, -0.15) is 4.98 Å². The zero-order valence-electron chi connectivity index (χ0n) is 28.2. The number of likely N-dealkylation sites (tertiary alicyclic amines) is 1. The summed E-state index contributed by atoms with van der Waals surface area (Å²) < 4.78 is 47.5. The molecule has 11 nitrogen and oxygen atoms in total. The van der Waals surface area contributed by atoms with Gasteiger partial charge in [0.05, 0.1) is 11.3 Å². The Morgan fingerprint density at radius 2 is 1.77 bits per heavy atom. The number of rotatable bonds is 11. The van der Waals surface area contributed by atoms with E-state index in [9.17, 15) is 17.6 Å². The highest BCUT2D eigenvalue weighted by atomic mass is 35.5. The molecule has 2 aromatic rings. The van der Waals surface area contributed by atoms with Gasteiger partial charge in [-0.1, -0.05) is 0 Å². The van der Waals surface area contributed by atoms with Crippen molar-refractivity contribution in [3.8, 4) is 11.6 Å². The Labute approximate surface area is 283 Å². The van der Waals surface area contributed by atoms with Crippen LogP contribution in [0.5, 0.6) is 11.6 Å². The molecule has 1 aromatic heterocycles. The molecule has 1 aromatic carbocycles. The van der Waals surface area contributed by atoms with Crippen LogP contribution < -0.4 is 14.4 Å². The van der Waals surface area contributed by atoms with Crippen molar-refractivity contribution >= 4 is 33.3 Å². The molecule has 5 rings (SSSR count). The van der Waals surface area contributed by atoms with Gasteiger partial charge in [0.2, 0.25) is 15.3 Å². The van der Waals surface area contributed by atoms with E-state index in [0.29, 0.717) is 17.2 Å². The molecule has 47 heavy (non-hydrogen) atoms. The lowest BCUT2D eigenvalue weighted by molar-refractivity contribution is 0.0551. The van der Waals surface area contributed by atoms with Gasteiger partial charge < -0.3 is 19.4 Å². The lowest BCUT2D eigenvalue weighted by atomic mass is 9.67. The first-order chi connectivity index (χ1) is 22.3. The highest BCUT2D eigenvalue weighted by molar-refractivity contribution is 7.89. The van der Waals surface area contributed by atoms with Gasteiger partial charge in [-0.05, 0) is 134 Å². The zero-order valence-corrected chi connectivity index (χ0v) is 29.8. The van der Waals surface area contributed by atoms with Gasteiger partial charge in [0, 0.05) is 37.8 Å². The van der Waals surface area contributed by atoms with E-state index in [-0.39, 0.29) is 52.3 Å². The second-order valence-corrected chi connectivity index (χ2v) is 16.4. The van der Waals surface area contributed by atoms with Crippen LogP contribution in [-0.2, 0) is 10.0 Å². The number of sulfonamides is 1. The van der Waals surface area contributed by atoms with Gasteiger partial charge >= 0.3 is 0 Å². The first-order valence-corrected chi connectivity index (χ1v) is 19.0. The molecule has 1 spiro atoms. The topological polar surface area (TPSA) is 121 Å². The number of benzene rings is 1. The molecule has 1 atom stereocenters. The van der Waals surface area contributed by atoms with E-state index in [1.54, 1.807) is 11.8 Å². The predicted molar refractivity (Wildman–Crippen MR) is 181 cm³/mol. The van der Waals surface area contributed by atoms with Crippen LogP contribution in [-0.4, -0.2) is 95.9 Å². The van der Waals surface area contributed by atoms with E-state index in [1.165, 1.54) is 18.2 Å². The maximum atomic E-state index is 14.4. The lowest BCUT2D eigenvalue weighted by Crippen LogP contribution is -2.46. The summed E-state index contributed by atoms with van der Waals surface area (Å²) in [4.78, 5) is 24.4. The molecule has 0 bridgehead atoms. The number of nitrogens with one attached hydrogen (secondary N) is 1. The molecule has 1 aliphatic carbocycles. The fourth-order valence-corrected chi connectivity index (χ4v) is 8.59. The minimum atomic E-state index is -3.16. The molecule has 1 saturated carbocycles. The minimum absolute atomic E-state index is 0.00413. The van der Waals surface area contributed by atoms with Crippen molar-refractivity contribution in [3.63, 3.8) is 0 Å². The molecule has 2 saturated heterocycles. The Balaban J connectivity index is 1.21. The highest BCUT2D eigenvalue weighted by Gasteiger charge is 2.39. The third-order valence-corrected chi connectivity index (χ3v) is 11.7. The molecular formula is C33H49ClFN7O4S. The molecule has 0 radical (unpaired) electrons. The van der Waals surface area contributed by atoms with Gasteiger partial charge in [0.1, 0.15) is 11.6 Å². The van der Waals surface area contributed by atoms with Crippen LogP contribution in [0.15, 0.2) is 18.2 Å². The molecule has 1 amide bonds. The van der Waals surface area contributed by atoms with Crippen LogP contribution in [0.3, 0.4) is 0 Å². The molecule has 1 N–H and O–H groups in total. The molecule has 260 valence electrons. The van der Waals surface area contributed by atoms with E-state index in [1.807, 2.05) is 27.7 Å². The van der Waals surface area contributed by atoms with Crippen molar-refractivity contribution < 1.29 is 22.3 Å². The van der Waals surface area contributed by atoms with Crippen LogP contribution in [0.2, 0.25) is 5.28 Å². The monoisotopic (exact) mass is 693 g/mol. The summed E-state index contributed by atoms with van der Waals surface area (Å²) >= 11 is 6.20. The summed E-state index contributed by atoms with van der Waals surface area (Å²) in [6, 6.07) is 3.76. The van der Waals surface area contributed by atoms with Crippen LogP contribution in [0.25, 0.3) is 0 Å². The minimum Gasteiger partial charge on any atom is -0.434 e. The molecule has 0 unspecified atom stereocenters. The maximum absolute atomic E-state index is 14.4. The Bertz CT molecular complexity index is 1500. The van der Waals surface area contributed by atoms with Crippen LogP contribution in [0.4, 0.5) is 10.2 Å². The smallest absolute Gasteiger partial charge is 0.282 e. The summed E-state index contributed by atoms with van der Waals surface area (Å²) in [5, 5.41) is 8.11. The average molecular weight is 694 g/mol. The summed E-state index contributed by atoms with van der Waals surface area (Å²) in [6.07, 6.45) is 7.24. The van der Waals surface area contributed by atoms with Crippen LogP contribution in [0.1, 0.15) is 89.9 Å².